The average molecular weight is 293 g/mol. The van der Waals surface area contributed by atoms with E-state index in [1.165, 1.54) is 6.07 Å². The van der Waals surface area contributed by atoms with Crippen LogP contribution >= 0.6 is 11.6 Å². The van der Waals surface area contributed by atoms with E-state index in [4.69, 9.17) is 11.6 Å². The zero-order valence-electron chi connectivity index (χ0n) is 9.05. The van der Waals surface area contributed by atoms with Gasteiger partial charge >= 0.3 is 6.18 Å². The van der Waals surface area contributed by atoms with Gasteiger partial charge in [0.2, 0.25) is 5.82 Å². The summed E-state index contributed by atoms with van der Waals surface area (Å²) in [6.07, 6.45) is -4.82. The van der Waals surface area contributed by atoms with Crippen molar-refractivity contribution in [2.45, 2.75) is 6.18 Å². The zero-order valence-corrected chi connectivity index (χ0v) is 9.81. The molecule has 8 heteroatoms. The molecule has 0 radical (unpaired) electrons. The lowest BCUT2D eigenvalue weighted by Crippen LogP contribution is -2.19. The lowest BCUT2D eigenvalue weighted by molar-refractivity contribution is -0.145. The molecular formula is C11H5ClF4N2O. The van der Waals surface area contributed by atoms with Gasteiger partial charge in [-0.1, -0.05) is 11.6 Å². The van der Waals surface area contributed by atoms with E-state index in [0.29, 0.717) is 0 Å². The summed E-state index contributed by atoms with van der Waals surface area (Å²) in [5, 5.41) is 0.0853. The maximum Gasteiger partial charge on any atom is 0.449 e. The van der Waals surface area contributed by atoms with Gasteiger partial charge in [0, 0.05) is 16.7 Å². The molecule has 1 aromatic carbocycles. The Morgan fingerprint density at radius 2 is 1.89 bits per heavy atom. The van der Waals surface area contributed by atoms with Crippen LogP contribution in [-0.2, 0) is 6.18 Å². The van der Waals surface area contributed by atoms with Gasteiger partial charge in [0.15, 0.2) is 0 Å². The van der Waals surface area contributed by atoms with Crippen LogP contribution < -0.4 is 5.56 Å². The molecule has 1 N–H and O–H groups in total. The molecule has 2 aromatic rings. The molecule has 2 rings (SSSR count). The first-order chi connectivity index (χ1) is 8.77. The smallest absolute Gasteiger partial charge is 0.303 e. The summed E-state index contributed by atoms with van der Waals surface area (Å²) in [7, 11) is 0. The molecule has 0 saturated heterocycles. The van der Waals surface area contributed by atoms with Crippen LogP contribution in [0.15, 0.2) is 29.1 Å². The molecule has 0 atom stereocenters. The van der Waals surface area contributed by atoms with Crippen molar-refractivity contribution < 1.29 is 17.6 Å². The summed E-state index contributed by atoms with van der Waals surface area (Å²) in [6.45, 7) is 0. The monoisotopic (exact) mass is 292 g/mol. The van der Waals surface area contributed by atoms with Crippen LogP contribution in [0, 0.1) is 5.82 Å². The van der Waals surface area contributed by atoms with Gasteiger partial charge in [-0.2, -0.15) is 13.2 Å². The van der Waals surface area contributed by atoms with Crippen molar-refractivity contribution in [1.29, 1.82) is 0 Å². The highest BCUT2D eigenvalue weighted by molar-refractivity contribution is 6.30. The zero-order chi connectivity index (χ0) is 14.2. The number of benzene rings is 1. The largest absolute Gasteiger partial charge is 0.449 e. The van der Waals surface area contributed by atoms with E-state index < -0.39 is 29.1 Å². The molecular weight excluding hydrogens is 288 g/mol. The van der Waals surface area contributed by atoms with E-state index in [1.54, 1.807) is 4.98 Å². The predicted molar refractivity (Wildman–Crippen MR) is 60.3 cm³/mol. The van der Waals surface area contributed by atoms with E-state index >= 15 is 0 Å². The topological polar surface area (TPSA) is 45.8 Å². The van der Waals surface area contributed by atoms with Gasteiger partial charge in [-0.15, -0.1) is 0 Å². The number of halogens is 5. The van der Waals surface area contributed by atoms with E-state index in [9.17, 15) is 22.4 Å². The second kappa shape index (κ2) is 4.65. The van der Waals surface area contributed by atoms with Crippen molar-refractivity contribution in [3.05, 3.63) is 51.3 Å². The summed E-state index contributed by atoms with van der Waals surface area (Å²) in [6, 6.07) is 4.14. The van der Waals surface area contributed by atoms with Crippen molar-refractivity contribution >= 4 is 11.6 Å². The highest BCUT2D eigenvalue weighted by Gasteiger charge is 2.34. The molecule has 0 bridgehead atoms. The SMILES string of the molecule is O=c1cc(-c2ccc(Cl)cc2F)nc(C(F)(F)F)[nH]1. The first-order valence-electron chi connectivity index (χ1n) is 4.91. The second-order valence-electron chi connectivity index (χ2n) is 3.60. The molecule has 0 aliphatic heterocycles. The van der Waals surface area contributed by atoms with Gasteiger partial charge in [-0.05, 0) is 18.2 Å². The van der Waals surface area contributed by atoms with Crippen molar-refractivity contribution in [3.63, 3.8) is 0 Å². The van der Waals surface area contributed by atoms with Crippen LogP contribution in [0.2, 0.25) is 5.02 Å². The summed E-state index contributed by atoms with van der Waals surface area (Å²) in [5.41, 5.74) is -1.67. The standard InChI is InChI=1S/C11H5ClF4N2O/c12-5-1-2-6(7(13)3-5)8-4-9(19)18-10(17-8)11(14,15)16/h1-4H,(H,17,18,19). The molecule has 0 amide bonds. The normalized spacial score (nSPS) is 11.6. The van der Waals surface area contributed by atoms with Crippen LogP contribution in [0.4, 0.5) is 17.6 Å². The number of H-pyrrole nitrogens is 1. The number of nitrogens with zero attached hydrogens (tertiary/aromatic N) is 1. The van der Waals surface area contributed by atoms with Gasteiger partial charge in [-0.3, -0.25) is 4.79 Å². The van der Waals surface area contributed by atoms with E-state index in [0.717, 1.165) is 18.2 Å². The Balaban J connectivity index is 2.63. The minimum absolute atomic E-state index is 0.0853. The maximum absolute atomic E-state index is 13.6. The predicted octanol–water partition coefficient (Wildman–Crippen LogP) is 3.25. The summed E-state index contributed by atoms with van der Waals surface area (Å²) >= 11 is 5.53. The van der Waals surface area contributed by atoms with Crippen molar-refractivity contribution in [2.24, 2.45) is 0 Å². The maximum atomic E-state index is 13.6. The Labute approximate surface area is 108 Å². The van der Waals surface area contributed by atoms with Gasteiger partial charge in [0.1, 0.15) is 5.82 Å². The van der Waals surface area contributed by atoms with Gasteiger partial charge in [0.05, 0.1) is 5.69 Å². The summed E-state index contributed by atoms with van der Waals surface area (Å²) < 4.78 is 51.0. The van der Waals surface area contributed by atoms with E-state index in [1.807, 2.05) is 0 Å². The Hall–Kier alpha value is -1.89. The molecule has 0 saturated carbocycles. The van der Waals surface area contributed by atoms with Crippen molar-refractivity contribution in [3.8, 4) is 11.3 Å². The van der Waals surface area contributed by atoms with Crippen LogP contribution in [0.5, 0.6) is 0 Å². The molecule has 100 valence electrons. The van der Waals surface area contributed by atoms with Crippen molar-refractivity contribution in [1.82, 2.24) is 9.97 Å². The molecule has 0 unspecified atom stereocenters. The van der Waals surface area contributed by atoms with Gasteiger partial charge in [-0.25, -0.2) is 9.37 Å². The summed E-state index contributed by atoms with van der Waals surface area (Å²) in [4.78, 5) is 15.9. The number of hydrogen-bond acceptors (Lipinski definition) is 2. The van der Waals surface area contributed by atoms with Crippen molar-refractivity contribution in [2.75, 3.05) is 0 Å². The second-order valence-corrected chi connectivity index (χ2v) is 4.04. The first-order valence-corrected chi connectivity index (χ1v) is 5.29. The number of rotatable bonds is 1. The van der Waals surface area contributed by atoms with E-state index in [2.05, 4.69) is 4.98 Å². The van der Waals surface area contributed by atoms with E-state index in [-0.39, 0.29) is 10.6 Å². The fraction of sp³-hybridized carbons (Fsp3) is 0.0909. The Bertz CT molecular complexity index is 681. The van der Waals surface area contributed by atoms with Crippen LogP contribution in [-0.4, -0.2) is 9.97 Å². The third kappa shape index (κ3) is 2.93. The molecule has 0 fully saturated rings. The summed E-state index contributed by atoms with van der Waals surface area (Å²) in [5.74, 6) is -2.34. The molecule has 0 spiro atoms. The third-order valence-electron chi connectivity index (χ3n) is 2.22. The Morgan fingerprint density at radius 3 is 2.47 bits per heavy atom. The minimum Gasteiger partial charge on any atom is -0.303 e. The molecule has 1 heterocycles. The Morgan fingerprint density at radius 1 is 1.21 bits per heavy atom. The van der Waals surface area contributed by atoms with Gasteiger partial charge in [0.25, 0.3) is 5.56 Å². The lowest BCUT2D eigenvalue weighted by atomic mass is 10.1. The number of nitrogens with one attached hydrogen (secondary N) is 1. The Kier molecular flexibility index (Phi) is 3.32. The highest BCUT2D eigenvalue weighted by atomic mass is 35.5. The quantitative estimate of drug-likeness (QED) is 0.820. The van der Waals surface area contributed by atoms with Crippen LogP contribution in [0.1, 0.15) is 5.82 Å². The molecule has 1 aromatic heterocycles. The molecule has 3 nitrogen and oxygen atoms in total. The van der Waals surface area contributed by atoms with Gasteiger partial charge < -0.3 is 4.98 Å². The minimum atomic E-state index is -4.82. The third-order valence-corrected chi connectivity index (χ3v) is 2.45. The average Bonchev–Trinajstić information content (AvgIpc) is 2.26. The fourth-order valence-electron chi connectivity index (χ4n) is 1.43. The number of hydrogen-bond donors (Lipinski definition) is 1. The number of aromatic amines is 1. The highest BCUT2D eigenvalue weighted by Crippen LogP contribution is 2.28. The van der Waals surface area contributed by atoms with Crippen LogP contribution in [0.25, 0.3) is 11.3 Å². The number of alkyl halides is 3. The lowest BCUT2D eigenvalue weighted by Gasteiger charge is -2.08. The fourth-order valence-corrected chi connectivity index (χ4v) is 1.59. The molecule has 0 aliphatic carbocycles. The van der Waals surface area contributed by atoms with Crippen LogP contribution in [0.3, 0.4) is 0 Å². The molecule has 0 aliphatic rings. The molecule has 19 heavy (non-hydrogen) atoms. The number of aromatic nitrogens is 2. The first kappa shape index (κ1) is 13.5.